The summed E-state index contributed by atoms with van der Waals surface area (Å²) in [6.45, 7) is 4.31. The largest absolute Gasteiger partial charge is 0.375 e. The van der Waals surface area contributed by atoms with E-state index in [0.717, 1.165) is 11.4 Å². The molecule has 0 aliphatic rings. The van der Waals surface area contributed by atoms with Crippen LogP contribution in [0.25, 0.3) is 0 Å². The van der Waals surface area contributed by atoms with Gasteiger partial charge in [-0.15, -0.1) is 0 Å². The number of thiazole rings is 1. The molecule has 0 saturated heterocycles. The topological polar surface area (TPSA) is 72.9 Å². The van der Waals surface area contributed by atoms with E-state index in [0.29, 0.717) is 22.2 Å². The van der Waals surface area contributed by atoms with Crippen LogP contribution in [0.5, 0.6) is 0 Å². The van der Waals surface area contributed by atoms with Crippen LogP contribution in [0.3, 0.4) is 0 Å². The van der Waals surface area contributed by atoms with Crippen molar-refractivity contribution in [3.63, 3.8) is 0 Å². The Bertz CT molecular complexity index is 585. The summed E-state index contributed by atoms with van der Waals surface area (Å²) in [7, 11) is 1.98. The second kappa shape index (κ2) is 4.81. The number of aryl methyl sites for hydroxylation is 2. The molecule has 0 aromatic carbocycles. The molecule has 3 N–H and O–H groups in total. The van der Waals surface area contributed by atoms with Gasteiger partial charge in [0.2, 0.25) is 0 Å². The van der Waals surface area contributed by atoms with E-state index in [-0.39, 0.29) is 5.91 Å². The zero-order valence-corrected chi connectivity index (χ0v) is 11.5. The Morgan fingerprint density at radius 1 is 1.50 bits per heavy atom. The molecule has 0 spiro atoms. The lowest BCUT2D eigenvalue weighted by atomic mass is 10.3. The summed E-state index contributed by atoms with van der Waals surface area (Å²) in [5, 5.41) is 3.30. The van der Waals surface area contributed by atoms with Gasteiger partial charge in [-0.1, -0.05) is 11.3 Å². The maximum absolute atomic E-state index is 12.0. The Hall–Kier alpha value is -1.82. The van der Waals surface area contributed by atoms with Crippen LogP contribution in [0.2, 0.25) is 0 Å². The molecule has 0 radical (unpaired) electrons. The summed E-state index contributed by atoms with van der Waals surface area (Å²) < 4.78 is 2.05. The van der Waals surface area contributed by atoms with Gasteiger partial charge in [0.15, 0.2) is 5.13 Å². The van der Waals surface area contributed by atoms with Gasteiger partial charge < -0.3 is 15.6 Å². The molecule has 0 saturated carbocycles. The molecule has 0 aliphatic carbocycles. The maximum Gasteiger partial charge on any atom is 0.263 e. The highest BCUT2D eigenvalue weighted by Gasteiger charge is 2.14. The van der Waals surface area contributed by atoms with Crippen LogP contribution in [0.4, 0.5) is 5.13 Å². The zero-order valence-electron chi connectivity index (χ0n) is 10.7. The minimum atomic E-state index is -0.124. The predicted molar refractivity (Wildman–Crippen MR) is 72.6 cm³/mol. The van der Waals surface area contributed by atoms with Crippen molar-refractivity contribution in [2.45, 2.75) is 20.4 Å². The Morgan fingerprint density at radius 2 is 2.22 bits per heavy atom. The van der Waals surface area contributed by atoms with Crippen LogP contribution in [0.15, 0.2) is 12.1 Å². The van der Waals surface area contributed by atoms with Gasteiger partial charge in [0.1, 0.15) is 4.88 Å². The van der Waals surface area contributed by atoms with Crippen molar-refractivity contribution in [1.82, 2.24) is 14.9 Å². The van der Waals surface area contributed by atoms with Crippen molar-refractivity contribution in [3.05, 3.63) is 34.1 Å². The molecule has 2 aromatic heterocycles. The molecular weight excluding hydrogens is 248 g/mol. The van der Waals surface area contributed by atoms with E-state index >= 15 is 0 Å². The molecule has 2 aromatic rings. The Kier molecular flexibility index (Phi) is 3.38. The van der Waals surface area contributed by atoms with E-state index in [2.05, 4.69) is 10.3 Å². The average molecular weight is 264 g/mol. The minimum absolute atomic E-state index is 0.124. The monoisotopic (exact) mass is 264 g/mol. The van der Waals surface area contributed by atoms with Crippen LogP contribution >= 0.6 is 11.3 Å². The van der Waals surface area contributed by atoms with Crippen LogP contribution in [-0.2, 0) is 13.6 Å². The number of nitrogen functional groups attached to an aromatic ring is 1. The lowest BCUT2D eigenvalue weighted by Crippen LogP contribution is -2.23. The smallest absolute Gasteiger partial charge is 0.263 e. The molecule has 0 bridgehead atoms. The molecule has 2 heterocycles. The first kappa shape index (κ1) is 12.6. The molecule has 1 amide bonds. The van der Waals surface area contributed by atoms with Crippen LogP contribution in [-0.4, -0.2) is 15.5 Å². The third kappa shape index (κ3) is 2.38. The number of hydrogen-bond donors (Lipinski definition) is 2. The van der Waals surface area contributed by atoms with Crippen LogP contribution in [0.1, 0.15) is 26.8 Å². The maximum atomic E-state index is 12.0. The molecule has 18 heavy (non-hydrogen) atoms. The number of nitrogens with two attached hydrogens (primary N) is 1. The molecule has 0 fully saturated rings. The summed E-state index contributed by atoms with van der Waals surface area (Å²) in [5.41, 5.74) is 8.48. The van der Waals surface area contributed by atoms with Crippen molar-refractivity contribution < 1.29 is 4.79 Å². The first-order valence-electron chi connectivity index (χ1n) is 5.61. The molecule has 0 unspecified atom stereocenters. The fourth-order valence-electron chi connectivity index (χ4n) is 1.72. The quantitative estimate of drug-likeness (QED) is 0.884. The summed E-state index contributed by atoms with van der Waals surface area (Å²) in [6.07, 6.45) is 0. The lowest BCUT2D eigenvalue weighted by molar-refractivity contribution is 0.0953. The second-order valence-corrected chi connectivity index (χ2v) is 5.21. The zero-order chi connectivity index (χ0) is 13.3. The van der Waals surface area contributed by atoms with E-state index in [1.165, 1.54) is 11.3 Å². The molecule has 6 heteroatoms. The van der Waals surface area contributed by atoms with Gasteiger partial charge in [-0.3, -0.25) is 4.79 Å². The van der Waals surface area contributed by atoms with E-state index in [1.54, 1.807) is 6.92 Å². The van der Waals surface area contributed by atoms with Gasteiger partial charge >= 0.3 is 0 Å². The summed E-state index contributed by atoms with van der Waals surface area (Å²) in [4.78, 5) is 16.6. The molecule has 0 aliphatic heterocycles. The van der Waals surface area contributed by atoms with Gasteiger partial charge in [0.25, 0.3) is 5.91 Å². The van der Waals surface area contributed by atoms with Gasteiger partial charge in [0, 0.05) is 18.4 Å². The number of aromatic nitrogens is 2. The Morgan fingerprint density at radius 3 is 2.72 bits per heavy atom. The van der Waals surface area contributed by atoms with E-state index in [4.69, 9.17) is 5.73 Å². The number of hydrogen-bond acceptors (Lipinski definition) is 4. The Balaban J connectivity index is 2.05. The van der Waals surface area contributed by atoms with Crippen molar-refractivity contribution in [1.29, 1.82) is 0 Å². The molecule has 5 nitrogen and oxygen atoms in total. The van der Waals surface area contributed by atoms with Gasteiger partial charge in [-0.05, 0) is 26.0 Å². The highest BCUT2D eigenvalue weighted by molar-refractivity contribution is 7.17. The highest BCUT2D eigenvalue weighted by Crippen LogP contribution is 2.19. The fraction of sp³-hybridized carbons (Fsp3) is 0.333. The van der Waals surface area contributed by atoms with Crippen molar-refractivity contribution in [3.8, 4) is 0 Å². The number of carbonyl (C=O) groups excluding carboxylic acids is 1. The molecule has 96 valence electrons. The number of nitrogens with zero attached hydrogens (tertiary/aromatic N) is 2. The van der Waals surface area contributed by atoms with Gasteiger partial charge in [-0.25, -0.2) is 4.98 Å². The normalized spacial score (nSPS) is 10.6. The van der Waals surface area contributed by atoms with Crippen molar-refractivity contribution >= 4 is 22.4 Å². The summed E-state index contributed by atoms with van der Waals surface area (Å²) in [5.74, 6) is -0.124. The second-order valence-electron chi connectivity index (χ2n) is 4.17. The van der Waals surface area contributed by atoms with Crippen LogP contribution < -0.4 is 11.1 Å². The number of carbonyl (C=O) groups is 1. The van der Waals surface area contributed by atoms with Crippen LogP contribution in [0, 0.1) is 13.8 Å². The first-order chi connectivity index (χ1) is 8.49. The van der Waals surface area contributed by atoms with E-state index in [1.807, 2.05) is 30.7 Å². The standard InChI is InChI=1S/C12H16N4OS/c1-7-4-5-9(16(7)3)6-14-11(17)10-8(2)15-12(13)18-10/h4-5H,6H2,1-3H3,(H2,13,15)(H,14,17). The molecular formula is C12H16N4OS. The van der Waals surface area contributed by atoms with E-state index in [9.17, 15) is 4.79 Å². The number of anilines is 1. The third-order valence-electron chi connectivity index (χ3n) is 2.93. The SMILES string of the molecule is Cc1nc(N)sc1C(=O)NCc1ccc(C)n1C. The average Bonchev–Trinajstić information content (AvgIpc) is 2.81. The summed E-state index contributed by atoms with van der Waals surface area (Å²) in [6, 6.07) is 4.03. The highest BCUT2D eigenvalue weighted by atomic mass is 32.1. The van der Waals surface area contributed by atoms with Crippen molar-refractivity contribution in [2.24, 2.45) is 7.05 Å². The van der Waals surface area contributed by atoms with Gasteiger partial charge in [0.05, 0.1) is 12.2 Å². The predicted octanol–water partition coefficient (Wildman–Crippen LogP) is 1.61. The van der Waals surface area contributed by atoms with Gasteiger partial charge in [-0.2, -0.15) is 0 Å². The molecule has 2 rings (SSSR count). The first-order valence-corrected chi connectivity index (χ1v) is 6.43. The number of nitrogens with one attached hydrogen (secondary N) is 1. The lowest BCUT2D eigenvalue weighted by Gasteiger charge is -2.06. The summed E-state index contributed by atoms with van der Waals surface area (Å²) >= 11 is 1.21. The van der Waals surface area contributed by atoms with Crippen molar-refractivity contribution in [2.75, 3.05) is 5.73 Å². The van der Waals surface area contributed by atoms with E-state index < -0.39 is 0 Å². The fourth-order valence-corrected chi connectivity index (χ4v) is 2.47. The number of amides is 1. The third-order valence-corrected chi connectivity index (χ3v) is 3.91. The molecule has 0 atom stereocenters. The minimum Gasteiger partial charge on any atom is -0.375 e. The Labute approximate surface area is 110 Å². The number of rotatable bonds is 3.